The van der Waals surface area contributed by atoms with Gasteiger partial charge < -0.3 is 4.74 Å². The quantitative estimate of drug-likeness (QED) is 0.740. The lowest BCUT2D eigenvalue weighted by Crippen LogP contribution is -1.97. The number of alkyl halides is 1. The highest BCUT2D eigenvalue weighted by atomic mass is 79.9. The number of rotatable bonds is 3. The van der Waals surface area contributed by atoms with Crippen molar-refractivity contribution in [2.45, 2.75) is 18.7 Å². The first-order valence-electron chi connectivity index (χ1n) is 5.97. The van der Waals surface area contributed by atoms with Crippen LogP contribution in [0, 0.1) is 13.8 Å². The molecule has 0 aliphatic rings. The van der Waals surface area contributed by atoms with Gasteiger partial charge in [-0.2, -0.15) is 0 Å². The number of hydrogen-bond donors (Lipinski definition) is 0. The molecule has 2 aromatic carbocycles. The Bertz CT molecular complexity index is 549. The molecule has 1 atom stereocenters. The van der Waals surface area contributed by atoms with Gasteiger partial charge in [-0.3, -0.25) is 0 Å². The third-order valence-electron chi connectivity index (χ3n) is 3.08. The van der Waals surface area contributed by atoms with Gasteiger partial charge in [-0.15, -0.1) is 0 Å². The van der Waals surface area contributed by atoms with Gasteiger partial charge in [0.2, 0.25) is 0 Å². The van der Waals surface area contributed by atoms with Crippen molar-refractivity contribution in [2.24, 2.45) is 0 Å². The summed E-state index contributed by atoms with van der Waals surface area (Å²) in [6.07, 6.45) is 0. The standard InChI is InChI=1S/C16H17BrO/c1-11-5-4-6-13(9-11)16(17)15-8-7-14(18-3)10-12(15)2/h4-10,16H,1-3H3. The summed E-state index contributed by atoms with van der Waals surface area (Å²) in [4.78, 5) is 0.225. The maximum atomic E-state index is 5.24. The molecule has 0 fully saturated rings. The predicted octanol–water partition coefficient (Wildman–Crippen LogP) is 4.80. The zero-order chi connectivity index (χ0) is 13.1. The van der Waals surface area contributed by atoms with E-state index in [2.05, 4.69) is 66.2 Å². The van der Waals surface area contributed by atoms with E-state index in [9.17, 15) is 0 Å². The van der Waals surface area contributed by atoms with E-state index in [4.69, 9.17) is 4.74 Å². The molecular weight excluding hydrogens is 288 g/mol. The molecule has 94 valence electrons. The normalized spacial score (nSPS) is 12.2. The summed E-state index contributed by atoms with van der Waals surface area (Å²) >= 11 is 3.78. The second-order valence-corrected chi connectivity index (χ2v) is 5.41. The summed E-state index contributed by atoms with van der Waals surface area (Å²) in [5, 5.41) is 0. The third kappa shape index (κ3) is 2.75. The Hall–Kier alpha value is -1.28. The Morgan fingerprint density at radius 1 is 1.06 bits per heavy atom. The number of methoxy groups -OCH3 is 1. The zero-order valence-electron chi connectivity index (χ0n) is 10.9. The molecule has 2 aromatic rings. The highest BCUT2D eigenvalue weighted by Gasteiger charge is 2.13. The van der Waals surface area contributed by atoms with Crippen LogP contribution in [0.4, 0.5) is 0 Å². The molecule has 18 heavy (non-hydrogen) atoms. The van der Waals surface area contributed by atoms with Crippen LogP contribution in [-0.2, 0) is 0 Å². The maximum Gasteiger partial charge on any atom is 0.119 e. The van der Waals surface area contributed by atoms with Crippen molar-refractivity contribution >= 4 is 15.9 Å². The average Bonchev–Trinajstić information content (AvgIpc) is 2.37. The zero-order valence-corrected chi connectivity index (χ0v) is 12.5. The lowest BCUT2D eigenvalue weighted by molar-refractivity contribution is 0.414. The smallest absolute Gasteiger partial charge is 0.119 e. The minimum absolute atomic E-state index is 0.225. The second kappa shape index (κ2) is 5.57. The average molecular weight is 305 g/mol. The molecule has 0 heterocycles. The van der Waals surface area contributed by atoms with Gasteiger partial charge >= 0.3 is 0 Å². The van der Waals surface area contributed by atoms with Crippen LogP contribution in [0.3, 0.4) is 0 Å². The van der Waals surface area contributed by atoms with Crippen molar-refractivity contribution in [3.8, 4) is 5.75 Å². The van der Waals surface area contributed by atoms with Gasteiger partial charge in [0, 0.05) is 0 Å². The van der Waals surface area contributed by atoms with Crippen molar-refractivity contribution in [3.63, 3.8) is 0 Å². The summed E-state index contributed by atoms with van der Waals surface area (Å²) in [6, 6.07) is 14.8. The first-order chi connectivity index (χ1) is 8.61. The summed E-state index contributed by atoms with van der Waals surface area (Å²) in [6.45, 7) is 4.23. The molecular formula is C16H17BrO. The molecule has 0 aliphatic carbocycles. The van der Waals surface area contributed by atoms with E-state index in [1.807, 2.05) is 6.07 Å². The molecule has 0 amide bonds. The molecule has 0 saturated heterocycles. The summed E-state index contributed by atoms with van der Waals surface area (Å²) in [5.74, 6) is 0.903. The predicted molar refractivity (Wildman–Crippen MR) is 79.7 cm³/mol. The fourth-order valence-electron chi connectivity index (χ4n) is 2.07. The Labute approximate surface area is 117 Å². The molecule has 0 saturated carbocycles. The van der Waals surface area contributed by atoms with Crippen molar-refractivity contribution in [1.29, 1.82) is 0 Å². The summed E-state index contributed by atoms with van der Waals surface area (Å²) in [7, 11) is 1.70. The third-order valence-corrected chi connectivity index (χ3v) is 4.11. The van der Waals surface area contributed by atoms with Crippen molar-refractivity contribution < 1.29 is 4.74 Å². The SMILES string of the molecule is COc1ccc(C(Br)c2cccc(C)c2)c(C)c1. The van der Waals surface area contributed by atoms with Gasteiger partial charge in [0.25, 0.3) is 0 Å². The Morgan fingerprint density at radius 2 is 1.83 bits per heavy atom. The van der Waals surface area contributed by atoms with E-state index in [-0.39, 0.29) is 4.83 Å². The van der Waals surface area contributed by atoms with Crippen LogP contribution in [-0.4, -0.2) is 7.11 Å². The topological polar surface area (TPSA) is 9.23 Å². The molecule has 1 unspecified atom stereocenters. The van der Waals surface area contributed by atoms with E-state index in [0.29, 0.717) is 0 Å². The van der Waals surface area contributed by atoms with E-state index >= 15 is 0 Å². The van der Waals surface area contributed by atoms with Gasteiger partial charge in [0.05, 0.1) is 11.9 Å². The van der Waals surface area contributed by atoms with Gasteiger partial charge in [-0.1, -0.05) is 51.8 Å². The van der Waals surface area contributed by atoms with Crippen LogP contribution in [0.2, 0.25) is 0 Å². The number of ether oxygens (including phenoxy) is 1. The van der Waals surface area contributed by atoms with Crippen molar-refractivity contribution in [3.05, 3.63) is 64.7 Å². The van der Waals surface area contributed by atoms with Crippen LogP contribution in [0.15, 0.2) is 42.5 Å². The molecule has 0 radical (unpaired) electrons. The van der Waals surface area contributed by atoms with Gasteiger partial charge in [-0.05, 0) is 42.7 Å². The van der Waals surface area contributed by atoms with Gasteiger partial charge in [0.1, 0.15) is 5.75 Å². The van der Waals surface area contributed by atoms with Crippen LogP contribution < -0.4 is 4.74 Å². The molecule has 2 heteroatoms. The van der Waals surface area contributed by atoms with Gasteiger partial charge in [0.15, 0.2) is 0 Å². The fraction of sp³-hybridized carbons (Fsp3) is 0.250. The van der Waals surface area contributed by atoms with Crippen LogP contribution in [0.1, 0.15) is 27.1 Å². The number of benzene rings is 2. The van der Waals surface area contributed by atoms with Gasteiger partial charge in [-0.25, -0.2) is 0 Å². The molecule has 0 N–H and O–H groups in total. The maximum absolute atomic E-state index is 5.24. The highest BCUT2D eigenvalue weighted by Crippen LogP contribution is 2.34. The Balaban J connectivity index is 2.37. The molecule has 0 aromatic heterocycles. The van der Waals surface area contributed by atoms with Crippen LogP contribution >= 0.6 is 15.9 Å². The van der Waals surface area contributed by atoms with E-state index in [1.54, 1.807) is 7.11 Å². The number of hydrogen-bond acceptors (Lipinski definition) is 1. The Morgan fingerprint density at radius 3 is 2.44 bits per heavy atom. The van der Waals surface area contributed by atoms with Crippen LogP contribution in [0.5, 0.6) is 5.75 Å². The van der Waals surface area contributed by atoms with E-state index in [1.165, 1.54) is 22.3 Å². The molecule has 0 spiro atoms. The van der Waals surface area contributed by atoms with Crippen LogP contribution in [0.25, 0.3) is 0 Å². The van der Waals surface area contributed by atoms with Crippen molar-refractivity contribution in [1.82, 2.24) is 0 Å². The molecule has 2 rings (SSSR count). The number of aryl methyl sites for hydroxylation is 2. The molecule has 0 bridgehead atoms. The second-order valence-electron chi connectivity index (χ2n) is 4.50. The highest BCUT2D eigenvalue weighted by molar-refractivity contribution is 9.09. The molecule has 0 aliphatic heterocycles. The lowest BCUT2D eigenvalue weighted by Gasteiger charge is -2.15. The van der Waals surface area contributed by atoms with E-state index in [0.717, 1.165) is 5.75 Å². The fourth-order valence-corrected chi connectivity index (χ4v) is 2.87. The number of halogens is 1. The largest absolute Gasteiger partial charge is 0.497 e. The summed E-state index contributed by atoms with van der Waals surface area (Å²) < 4.78 is 5.24. The molecule has 1 nitrogen and oxygen atoms in total. The Kier molecular flexibility index (Phi) is 4.07. The first kappa shape index (κ1) is 13.2. The monoisotopic (exact) mass is 304 g/mol. The van der Waals surface area contributed by atoms with Crippen molar-refractivity contribution in [2.75, 3.05) is 7.11 Å². The first-order valence-corrected chi connectivity index (χ1v) is 6.88. The lowest BCUT2D eigenvalue weighted by atomic mass is 9.99. The minimum Gasteiger partial charge on any atom is -0.497 e. The minimum atomic E-state index is 0.225. The van der Waals surface area contributed by atoms with E-state index < -0.39 is 0 Å². The summed E-state index contributed by atoms with van der Waals surface area (Å²) in [5.41, 5.74) is 5.07.